The maximum absolute atomic E-state index is 17.0. The van der Waals surface area contributed by atoms with Gasteiger partial charge in [-0.25, -0.2) is 4.79 Å². The number of aliphatic hydroxyl groups excluding tert-OH is 7. The van der Waals surface area contributed by atoms with E-state index in [1.165, 1.54) is 48.5 Å². The SMILES string of the molecule is CC(C)CCCCCCC(=O)N[C@H]1[C@H](Oc2c3cc4cc2Oc2ccc(cc2Cl)C[C@H]2NC(=O)[C@@H](NC(=O)OCc5ccccc5)c5ccc(O)c(c5)Oc5cc(O)cc(c5)[C@H](NC2=O)C(=O)N[C@H]4C(=O)N[C@H]2C(=O)N[C@@H](Cc4ccc(c(Cl)c4)O3)C(=O)N[C@H](C(=O)NCCCNCCCCNCCCN)c3cc(O)cc(O[C@H]4O[C@H](CO)[C@@H](O)[C@H](O)[C@@H]4O)c3-c3cc2ccc3O)O[C@H](CO)[C@@H](O)[C@@H]1O. The summed E-state index contributed by atoms with van der Waals surface area (Å²) in [6.07, 6.45) is -13.3. The van der Waals surface area contributed by atoms with E-state index in [-0.39, 0.29) is 80.2 Å². The number of hydrogen-bond acceptors (Lipinski definition) is 31. The molecule has 8 aliphatic rings. The maximum atomic E-state index is 17.0. The lowest BCUT2D eigenvalue weighted by atomic mass is 9.89. The largest absolute Gasteiger partial charge is 0.508 e. The molecule has 8 heterocycles. The monoisotopic (exact) mass is 1980 g/mol. The Morgan fingerprint density at radius 2 is 1.06 bits per heavy atom. The lowest BCUT2D eigenvalue weighted by Crippen LogP contribution is -2.65. The fraction of sp³-hybridized carbons (Fsp3) is 0.418. The molecule has 16 rings (SSSR count). The summed E-state index contributed by atoms with van der Waals surface area (Å²) in [6, 6.07) is 14.8. The second kappa shape index (κ2) is 47.4. The lowest BCUT2D eigenvalue weighted by Gasteiger charge is -2.42. The van der Waals surface area contributed by atoms with Crippen molar-refractivity contribution in [3.63, 3.8) is 0 Å². The maximum Gasteiger partial charge on any atom is 0.408 e. The number of carbonyl (C=O) groups excluding carboxylic acids is 9. The van der Waals surface area contributed by atoms with E-state index in [2.05, 4.69) is 72.3 Å². The molecule has 2 fully saturated rings. The topological polar surface area (TPSA) is 608 Å². The van der Waals surface area contributed by atoms with Crippen LogP contribution in [0.2, 0.25) is 10.0 Å². The van der Waals surface area contributed by atoms with Gasteiger partial charge < -0.3 is 158 Å². The Balaban J connectivity index is 0.951. The number of halogens is 2. The number of hydrogen-bond donors (Lipinski definition) is 23. The molecule has 8 aliphatic heterocycles. The van der Waals surface area contributed by atoms with Crippen LogP contribution in [-0.4, -0.2) is 235 Å². The number of phenols is 4. The number of aliphatic hydroxyl groups is 7. The second-order valence-corrected chi connectivity index (χ2v) is 36.2. The zero-order valence-corrected chi connectivity index (χ0v) is 77.8. The minimum absolute atomic E-state index is 0.0610. The summed E-state index contributed by atoms with van der Waals surface area (Å²) in [5.41, 5.74) is 4.04. The third kappa shape index (κ3) is 25.5. The first-order valence-corrected chi connectivity index (χ1v) is 47.0. The first-order chi connectivity index (χ1) is 67.3. The van der Waals surface area contributed by atoms with E-state index >= 15 is 33.6 Å². The van der Waals surface area contributed by atoms with Crippen molar-refractivity contribution in [1.82, 2.24) is 58.5 Å². The number of unbranched alkanes of at least 4 members (excludes halogenated alkanes) is 4. The van der Waals surface area contributed by atoms with Crippen LogP contribution in [0.3, 0.4) is 0 Å². The van der Waals surface area contributed by atoms with E-state index in [0.717, 1.165) is 118 Å². The summed E-state index contributed by atoms with van der Waals surface area (Å²) in [5.74, 6) is -15.1. The zero-order chi connectivity index (χ0) is 99.7. The predicted octanol–water partition coefficient (Wildman–Crippen LogP) is 5.26. The van der Waals surface area contributed by atoms with E-state index in [0.29, 0.717) is 50.4 Å². The van der Waals surface area contributed by atoms with Crippen molar-refractivity contribution in [3.05, 3.63) is 200 Å². The number of nitrogens with two attached hydrogens (primary N) is 1. The Kier molecular flexibility index (Phi) is 34.8. The summed E-state index contributed by atoms with van der Waals surface area (Å²) >= 11 is 14.7. The fourth-order valence-electron chi connectivity index (χ4n) is 17.1. The number of benzene rings is 8. The van der Waals surface area contributed by atoms with Crippen LogP contribution in [0.25, 0.3) is 11.1 Å². The Morgan fingerprint density at radius 1 is 0.493 bits per heavy atom. The zero-order valence-electron chi connectivity index (χ0n) is 76.3. The molecule has 8 aromatic carbocycles. The fourth-order valence-corrected chi connectivity index (χ4v) is 17.6. The number of phenolic OH excluding ortho intramolecular Hbond substituents is 4. The van der Waals surface area contributed by atoms with Crippen molar-refractivity contribution in [2.45, 2.75) is 201 Å². The molecule has 17 bridgehead atoms. The molecular weight excluding hydrogens is 1860 g/mol. The van der Waals surface area contributed by atoms with Crippen LogP contribution in [-0.2, 0) is 72.0 Å². The molecule has 24 N–H and O–H groups in total. The standard InChI is InChI=1S/C98H114Cl2N12O28/c1-48(2)14-6-3-4-9-17-75(119)107-82-85(122)83(120)73(45-113)138-96(82)140-88-71-40-55-41-72(88)136-68-25-19-51(33-62(68)100)35-64-90(126)111-81(91(127)104-31-13-30-103-28-11-10-27-102-29-12-26-101)60-43-57(116)44-70(137-97-87(124)86(123)84(121)74(46-114)139-97)76(60)59-38-52(20-22-65(59)117)77(92(128)105-64)109-95(131)80(55)110-94(130)79-54-36-56(115)42-58(37-54)134-69-39-53(21-23-66(69)118)78(112-98(132)133-47-49-15-7-5-8-16-49)93(129)106-63(89(125)108-79)34-50-18-24-67(135-71)61(99)32-50/h5,7-8,15-16,18-25,32-33,36-44,48,63-64,73-74,77-87,96-97,102-103,113-118,120-124H,3-4,6,9-14,17,26-31,34-35,45-47,101H2,1-2H3,(H,104,127)(H,105,128)(H,106,129)(H,107,119)(H,108,125)(H,109,131)(H,110,130)(H,111,126)(H,112,132)/t63-,64+,73-,74-,77-,78+,79+,80-,81+,82-,83-,84-,85-,86+,87+,96+,97+/m1/s1. The van der Waals surface area contributed by atoms with Crippen molar-refractivity contribution in [2.75, 3.05) is 52.5 Å². The summed E-state index contributed by atoms with van der Waals surface area (Å²) < 4.78 is 50.9. The van der Waals surface area contributed by atoms with E-state index < -0.39 is 251 Å². The van der Waals surface area contributed by atoms with Gasteiger partial charge in [0, 0.05) is 49.1 Å². The Hall–Kier alpha value is -12.9. The molecule has 0 saturated carbocycles. The summed E-state index contributed by atoms with van der Waals surface area (Å²) in [5, 5.41) is 157. The van der Waals surface area contributed by atoms with E-state index in [1.807, 2.05) is 0 Å². The van der Waals surface area contributed by atoms with Crippen molar-refractivity contribution in [3.8, 4) is 80.1 Å². The number of amides is 9. The van der Waals surface area contributed by atoms with Gasteiger partial charge in [-0.2, -0.15) is 0 Å². The molecule has 2 saturated heterocycles. The smallest absolute Gasteiger partial charge is 0.408 e. The molecule has 0 unspecified atom stereocenters. The van der Waals surface area contributed by atoms with Crippen LogP contribution in [0.5, 0.6) is 69.0 Å². The minimum atomic E-state index is -2.40. The number of alkyl carbamates (subject to hydrolysis) is 1. The molecule has 40 nitrogen and oxygen atoms in total. The molecule has 0 radical (unpaired) electrons. The Morgan fingerprint density at radius 3 is 1.70 bits per heavy atom. The number of nitrogens with one attached hydrogen (secondary N) is 11. The molecule has 17 atom stereocenters. The van der Waals surface area contributed by atoms with Crippen molar-refractivity contribution in [1.29, 1.82) is 0 Å². The van der Waals surface area contributed by atoms with Gasteiger partial charge in [-0.15, -0.1) is 0 Å². The van der Waals surface area contributed by atoms with Crippen LogP contribution in [0, 0.1) is 5.92 Å². The molecule has 748 valence electrons. The van der Waals surface area contributed by atoms with Gasteiger partial charge in [0.2, 0.25) is 65.6 Å². The van der Waals surface area contributed by atoms with Gasteiger partial charge in [0.15, 0.2) is 23.0 Å². The van der Waals surface area contributed by atoms with Gasteiger partial charge in [0.25, 0.3) is 0 Å². The number of rotatable bonds is 30. The number of carbonyl (C=O) groups is 9. The van der Waals surface area contributed by atoms with E-state index in [9.17, 15) is 65.8 Å². The molecule has 140 heavy (non-hydrogen) atoms. The summed E-state index contributed by atoms with van der Waals surface area (Å²) in [7, 11) is 0. The van der Waals surface area contributed by atoms with Gasteiger partial charge in [-0.1, -0.05) is 117 Å². The molecule has 9 amide bonds. The molecule has 0 aromatic heterocycles. The van der Waals surface area contributed by atoms with Gasteiger partial charge >= 0.3 is 6.09 Å². The van der Waals surface area contributed by atoms with Crippen molar-refractivity contribution < 1.29 is 137 Å². The number of aromatic hydroxyl groups is 4. The highest BCUT2D eigenvalue weighted by Crippen LogP contribution is 2.51. The van der Waals surface area contributed by atoms with Crippen LogP contribution in [0.1, 0.15) is 153 Å². The van der Waals surface area contributed by atoms with E-state index in [1.54, 1.807) is 30.3 Å². The molecular formula is C98H114Cl2N12O28. The highest BCUT2D eigenvalue weighted by Gasteiger charge is 2.50. The van der Waals surface area contributed by atoms with E-state index in [4.69, 9.17) is 66.8 Å². The van der Waals surface area contributed by atoms with Gasteiger partial charge in [-0.05, 0) is 194 Å². The Labute approximate surface area is 813 Å². The Bertz CT molecular complexity index is 5810. The van der Waals surface area contributed by atoms with Gasteiger partial charge in [0.05, 0.1) is 23.3 Å². The quantitative estimate of drug-likeness (QED) is 0.0255. The number of fused-ring (bicyclic) bond motifs is 14. The van der Waals surface area contributed by atoms with Gasteiger partial charge in [0.1, 0.15) is 138 Å². The highest BCUT2D eigenvalue weighted by molar-refractivity contribution is 6.32. The summed E-state index contributed by atoms with van der Waals surface area (Å²) in [6.45, 7) is 5.01. The first kappa shape index (κ1) is 103. The van der Waals surface area contributed by atoms with Crippen molar-refractivity contribution >= 4 is 76.6 Å². The van der Waals surface area contributed by atoms with Crippen LogP contribution in [0.4, 0.5) is 4.79 Å². The van der Waals surface area contributed by atoms with Crippen molar-refractivity contribution in [2.24, 2.45) is 11.7 Å². The van der Waals surface area contributed by atoms with Crippen LogP contribution >= 0.6 is 23.2 Å². The second-order valence-electron chi connectivity index (χ2n) is 35.4. The van der Waals surface area contributed by atoms with Crippen LogP contribution < -0.4 is 87.9 Å². The molecule has 0 spiro atoms. The average molecular weight is 1980 g/mol. The third-order valence-electron chi connectivity index (χ3n) is 24.5. The number of ether oxygens (including phenoxy) is 8. The van der Waals surface area contributed by atoms with Crippen LogP contribution in [0.15, 0.2) is 146 Å². The third-order valence-corrected chi connectivity index (χ3v) is 25.1. The van der Waals surface area contributed by atoms with Gasteiger partial charge in [-0.3, -0.25) is 38.4 Å². The highest BCUT2D eigenvalue weighted by atomic mass is 35.5. The molecule has 8 aromatic rings. The normalized spacial score (nSPS) is 24.0. The average Bonchev–Trinajstić information content (AvgIpc) is 0.781. The first-order valence-electron chi connectivity index (χ1n) is 46.2. The minimum Gasteiger partial charge on any atom is -0.508 e. The summed E-state index contributed by atoms with van der Waals surface area (Å²) in [4.78, 5) is 141. The molecule has 0 aliphatic carbocycles. The predicted molar refractivity (Wildman–Crippen MR) is 502 cm³/mol. The lowest BCUT2D eigenvalue weighted by molar-refractivity contribution is -0.277. The molecule has 42 heteroatoms.